The zero-order valence-corrected chi connectivity index (χ0v) is 15.4. The van der Waals surface area contributed by atoms with Gasteiger partial charge in [-0.3, -0.25) is 9.78 Å². The fraction of sp³-hybridized carbons (Fsp3) is 0.429. The van der Waals surface area contributed by atoms with Gasteiger partial charge in [0.15, 0.2) is 0 Å². The number of carbonyl (C=O) groups is 1. The molecule has 1 aliphatic heterocycles. The molecule has 144 valence electrons. The van der Waals surface area contributed by atoms with Crippen LogP contribution in [0, 0.1) is 5.82 Å². The number of nitrogens with zero attached hydrogens (tertiary/aromatic N) is 2. The third-order valence-electron chi connectivity index (χ3n) is 4.86. The Kier molecular flexibility index (Phi) is 7.16. The molecule has 0 saturated carbocycles. The smallest absolute Gasteiger partial charge is 0.222 e. The molecule has 0 radical (unpaired) electrons. The van der Waals surface area contributed by atoms with Crippen LogP contribution in [0.3, 0.4) is 0 Å². The molecule has 0 bridgehead atoms. The van der Waals surface area contributed by atoms with Crippen LogP contribution < -0.4 is 10.1 Å². The number of aromatic nitrogens is 1. The molecule has 1 aromatic heterocycles. The van der Waals surface area contributed by atoms with E-state index in [0.717, 1.165) is 38.9 Å². The van der Waals surface area contributed by atoms with Crippen molar-refractivity contribution in [3.63, 3.8) is 0 Å². The number of pyridine rings is 1. The minimum absolute atomic E-state index is 0.258. The van der Waals surface area contributed by atoms with Crippen LogP contribution in [-0.4, -0.2) is 48.1 Å². The number of carbonyl (C=O) groups excluding carboxylic acids is 1. The van der Waals surface area contributed by atoms with Gasteiger partial charge in [0.2, 0.25) is 5.91 Å². The van der Waals surface area contributed by atoms with E-state index in [-0.39, 0.29) is 11.7 Å². The fourth-order valence-electron chi connectivity index (χ4n) is 3.37. The van der Waals surface area contributed by atoms with Gasteiger partial charge in [0.1, 0.15) is 18.2 Å². The van der Waals surface area contributed by atoms with Gasteiger partial charge in [0, 0.05) is 37.9 Å². The number of benzene rings is 1. The molecule has 1 aromatic carbocycles. The van der Waals surface area contributed by atoms with Gasteiger partial charge in [0.05, 0.1) is 0 Å². The van der Waals surface area contributed by atoms with Crippen LogP contribution in [0.2, 0.25) is 0 Å². The van der Waals surface area contributed by atoms with Crippen LogP contribution in [0.15, 0.2) is 48.8 Å². The second kappa shape index (κ2) is 10.0. The Morgan fingerprint density at radius 2 is 1.93 bits per heavy atom. The number of hydrogen-bond acceptors (Lipinski definition) is 4. The second-order valence-electron chi connectivity index (χ2n) is 6.73. The molecule has 1 unspecified atom stereocenters. The first kappa shape index (κ1) is 19.3. The summed E-state index contributed by atoms with van der Waals surface area (Å²) in [5.41, 5.74) is 1.21. The zero-order valence-electron chi connectivity index (χ0n) is 15.4. The van der Waals surface area contributed by atoms with E-state index in [4.69, 9.17) is 4.74 Å². The minimum Gasteiger partial charge on any atom is -0.492 e. The average molecular weight is 371 g/mol. The van der Waals surface area contributed by atoms with Gasteiger partial charge in [-0.2, -0.15) is 0 Å². The number of ether oxygens (including phenoxy) is 1. The van der Waals surface area contributed by atoms with Gasteiger partial charge in [0.25, 0.3) is 0 Å². The lowest BCUT2D eigenvalue weighted by atomic mass is 10.1. The Bertz CT molecular complexity index is 709. The standard InChI is InChI=1S/C21H26FN3O2/c22-18-1-4-20(5-2-18)27-16-14-24-13-9-19-3-6-21(26)25(19)15-10-17-7-11-23-12-8-17/h1-2,4-5,7-8,11-12,19,24H,3,6,9-10,13-16H2. The van der Waals surface area contributed by atoms with Crippen molar-refractivity contribution in [2.45, 2.75) is 31.7 Å². The first-order valence-corrected chi connectivity index (χ1v) is 9.50. The summed E-state index contributed by atoms with van der Waals surface area (Å²) in [4.78, 5) is 18.2. The highest BCUT2D eigenvalue weighted by atomic mass is 19.1. The van der Waals surface area contributed by atoms with E-state index in [1.165, 1.54) is 17.7 Å². The van der Waals surface area contributed by atoms with Gasteiger partial charge in [-0.15, -0.1) is 0 Å². The van der Waals surface area contributed by atoms with Crippen molar-refractivity contribution >= 4 is 5.91 Å². The van der Waals surface area contributed by atoms with Crippen LogP contribution in [-0.2, 0) is 11.2 Å². The Hall–Kier alpha value is -2.47. The van der Waals surface area contributed by atoms with Crippen molar-refractivity contribution in [2.75, 3.05) is 26.2 Å². The molecule has 1 saturated heterocycles. The number of rotatable bonds is 10. The molecule has 0 aliphatic carbocycles. The van der Waals surface area contributed by atoms with Crippen molar-refractivity contribution in [2.24, 2.45) is 0 Å². The first-order valence-electron chi connectivity index (χ1n) is 9.50. The number of amides is 1. The molecule has 1 atom stereocenters. The molecule has 1 fully saturated rings. The maximum atomic E-state index is 12.8. The molecule has 27 heavy (non-hydrogen) atoms. The maximum Gasteiger partial charge on any atom is 0.222 e. The number of likely N-dealkylation sites (tertiary alicyclic amines) is 1. The largest absolute Gasteiger partial charge is 0.492 e. The topological polar surface area (TPSA) is 54.5 Å². The molecule has 2 heterocycles. The summed E-state index contributed by atoms with van der Waals surface area (Å²) in [5.74, 6) is 0.663. The SMILES string of the molecule is O=C1CCC(CCNCCOc2ccc(F)cc2)N1CCc1ccncc1. The van der Waals surface area contributed by atoms with E-state index in [1.54, 1.807) is 24.5 Å². The van der Waals surface area contributed by atoms with Crippen LogP contribution in [0.25, 0.3) is 0 Å². The third kappa shape index (κ3) is 6.03. The molecule has 1 N–H and O–H groups in total. The fourth-order valence-corrected chi connectivity index (χ4v) is 3.37. The van der Waals surface area contributed by atoms with E-state index < -0.39 is 0 Å². The molecule has 3 rings (SSSR count). The highest BCUT2D eigenvalue weighted by Crippen LogP contribution is 2.21. The van der Waals surface area contributed by atoms with E-state index in [0.29, 0.717) is 24.8 Å². The molecular formula is C21H26FN3O2. The normalized spacial score (nSPS) is 16.7. The Labute approximate surface area is 159 Å². The predicted molar refractivity (Wildman–Crippen MR) is 102 cm³/mol. The highest BCUT2D eigenvalue weighted by molar-refractivity contribution is 5.78. The predicted octanol–water partition coefficient (Wildman–Crippen LogP) is 2.81. The molecule has 5 nitrogen and oxygen atoms in total. The lowest BCUT2D eigenvalue weighted by molar-refractivity contribution is -0.129. The molecule has 1 amide bonds. The highest BCUT2D eigenvalue weighted by Gasteiger charge is 2.29. The lowest BCUT2D eigenvalue weighted by Crippen LogP contribution is -2.37. The van der Waals surface area contributed by atoms with E-state index in [1.807, 2.05) is 17.0 Å². The van der Waals surface area contributed by atoms with Crippen molar-refractivity contribution in [3.05, 3.63) is 60.2 Å². The summed E-state index contributed by atoms with van der Waals surface area (Å²) in [6, 6.07) is 10.3. The Morgan fingerprint density at radius 1 is 1.15 bits per heavy atom. The Morgan fingerprint density at radius 3 is 2.70 bits per heavy atom. The van der Waals surface area contributed by atoms with E-state index in [9.17, 15) is 9.18 Å². The zero-order chi connectivity index (χ0) is 18.9. The van der Waals surface area contributed by atoms with E-state index >= 15 is 0 Å². The number of hydrogen-bond donors (Lipinski definition) is 1. The summed E-state index contributed by atoms with van der Waals surface area (Å²) in [6.07, 6.45) is 6.97. The average Bonchev–Trinajstić information content (AvgIpc) is 3.04. The molecular weight excluding hydrogens is 345 g/mol. The quantitative estimate of drug-likeness (QED) is 0.653. The molecule has 0 spiro atoms. The first-order chi connectivity index (χ1) is 13.2. The van der Waals surface area contributed by atoms with Gasteiger partial charge in [-0.1, -0.05) is 0 Å². The summed E-state index contributed by atoms with van der Waals surface area (Å²) in [5, 5.41) is 3.36. The van der Waals surface area contributed by atoms with Crippen LogP contribution in [0.4, 0.5) is 4.39 Å². The monoisotopic (exact) mass is 371 g/mol. The van der Waals surface area contributed by atoms with E-state index in [2.05, 4.69) is 10.3 Å². The summed E-state index contributed by atoms with van der Waals surface area (Å²) >= 11 is 0. The van der Waals surface area contributed by atoms with Crippen molar-refractivity contribution < 1.29 is 13.9 Å². The lowest BCUT2D eigenvalue weighted by Gasteiger charge is -2.25. The minimum atomic E-state index is -0.264. The summed E-state index contributed by atoms with van der Waals surface area (Å²) < 4.78 is 18.4. The van der Waals surface area contributed by atoms with Crippen molar-refractivity contribution in [1.82, 2.24) is 15.2 Å². The molecule has 2 aromatic rings. The van der Waals surface area contributed by atoms with Gasteiger partial charge in [-0.05, 0) is 67.8 Å². The third-order valence-corrected chi connectivity index (χ3v) is 4.86. The van der Waals surface area contributed by atoms with Gasteiger partial charge in [-0.25, -0.2) is 4.39 Å². The molecule has 6 heteroatoms. The van der Waals surface area contributed by atoms with Gasteiger partial charge >= 0.3 is 0 Å². The number of nitrogens with one attached hydrogen (secondary N) is 1. The van der Waals surface area contributed by atoms with Crippen LogP contribution in [0.1, 0.15) is 24.8 Å². The Balaban J connectivity index is 1.33. The van der Waals surface area contributed by atoms with Crippen LogP contribution in [0.5, 0.6) is 5.75 Å². The molecule has 1 aliphatic rings. The summed E-state index contributed by atoms with van der Waals surface area (Å²) in [7, 11) is 0. The second-order valence-corrected chi connectivity index (χ2v) is 6.73. The maximum absolute atomic E-state index is 12.8. The van der Waals surface area contributed by atoms with Crippen molar-refractivity contribution in [1.29, 1.82) is 0 Å². The van der Waals surface area contributed by atoms with Gasteiger partial charge < -0.3 is 15.0 Å². The summed E-state index contributed by atoms with van der Waals surface area (Å²) in [6.45, 7) is 2.85. The van der Waals surface area contributed by atoms with Crippen LogP contribution >= 0.6 is 0 Å². The van der Waals surface area contributed by atoms with Crippen molar-refractivity contribution in [3.8, 4) is 5.75 Å². The number of halogens is 1.